The molecular formula is C28H27ClN3O4S-. The van der Waals surface area contributed by atoms with Gasteiger partial charge < -0.3 is 13.9 Å². The second-order valence-electron chi connectivity index (χ2n) is 8.91. The lowest BCUT2D eigenvalue weighted by Gasteiger charge is -2.23. The summed E-state index contributed by atoms with van der Waals surface area (Å²) in [5.41, 5.74) is 3.79. The fourth-order valence-electron chi connectivity index (χ4n) is 3.85. The molecule has 1 heterocycles. The van der Waals surface area contributed by atoms with Crippen LogP contribution in [-0.4, -0.2) is 35.3 Å². The van der Waals surface area contributed by atoms with Gasteiger partial charge in [-0.1, -0.05) is 80.0 Å². The highest BCUT2D eigenvalue weighted by atomic mass is 35.5. The second kappa shape index (κ2) is 12.2. The number of ether oxygens (including phenoxy) is 1. The van der Waals surface area contributed by atoms with E-state index in [-0.39, 0.29) is 17.3 Å². The lowest BCUT2D eigenvalue weighted by molar-refractivity contribution is 0.178. The molecule has 0 saturated heterocycles. The van der Waals surface area contributed by atoms with Gasteiger partial charge in [0.25, 0.3) is 0 Å². The second-order valence-corrected chi connectivity index (χ2v) is 10.2. The van der Waals surface area contributed by atoms with Crippen molar-refractivity contribution in [1.29, 1.82) is 0 Å². The van der Waals surface area contributed by atoms with E-state index in [0.717, 1.165) is 34.8 Å². The van der Waals surface area contributed by atoms with Crippen LogP contribution in [0.5, 0.6) is 5.75 Å². The van der Waals surface area contributed by atoms with Crippen LogP contribution in [-0.2, 0) is 24.1 Å². The van der Waals surface area contributed by atoms with Crippen molar-refractivity contribution in [3.8, 4) is 22.7 Å². The summed E-state index contributed by atoms with van der Waals surface area (Å²) < 4.78 is 31.3. The van der Waals surface area contributed by atoms with Crippen molar-refractivity contribution >= 4 is 29.0 Å². The predicted molar refractivity (Wildman–Crippen MR) is 144 cm³/mol. The zero-order valence-corrected chi connectivity index (χ0v) is 22.1. The van der Waals surface area contributed by atoms with Gasteiger partial charge in [0.1, 0.15) is 5.82 Å². The number of carbonyl (C=O) groups excluding carboxylic acids is 1. The summed E-state index contributed by atoms with van der Waals surface area (Å²) in [6.45, 7) is 4.25. The summed E-state index contributed by atoms with van der Waals surface area (Å²) >= 11 is 3.22. The van der Waals surface area contributed by atoms with Crippen LogP contribution in [0.3, 0.4) is 0 Å². The minimum atomic E-state index is -2.79. The number of hydrogen-bond acceptors (Lipinski definition) is 5. The fourth-order valence-corrected chi connectivity index (χ4v) is 4.43. The predicted octanol–water partition coefficient (Wildman–Crippen LogP) is 6.23. The van der Waals surface area contributed by atoms with Gasteiger partial charge in [0.05, 0.1) is 22.0 Å². The topological polar surface area (TPSA) is 87.5 Å². The van der Waals surface area contributed by atoms with Gasteiger partial charge in [-0.25, -0.2) is 14.1 Å². The number of imidazole rings is 1. The Hall–Kier alpha value is -3.46. The molecule has 1 atom stereocenters. The molecule has 0 radical (unpaired) electrons. The largest absolute Gasteiger partial charge is 0.755 e. The summed E-state index contributed by atoms with van der Waals surface area (Å²) in [5.74, 6) is 1.51. The lowest BCUT2D eigenvalue weighted by atomic mass is 10.1. The van der Waals surface area contributed by atoms with Gasteiger partial charge >= 0.3 is 6.09 Å². The first kappa shape index (κ1) is 26.6. The van der Waals surface area contributed by atoms with Gasteiger partial charge in [-0.05, 0) is 42.2 Å². The van der Waals surface area contributed by atoms with Crippen molar-refractivity contribution in [1.82, 2.24) is 13.9 Å². The maximum Gasteiger partial charge on any atom is 0.426 e. The van der Waals surface area contributed by atoms with Crippen molar-refractivity contribution in [2.45, 2.75) is 26.7 Å². The molecular weight excluding hydrogens is 510 g/mol. The molecule has 0 aliphatic rings. The molecule has 192 valence electrons. The monoisotopic (exact) mass is 536 g/mol. The number of hydrogen-bond donors (Lipinski definition) is 0. The summed E-state index contributed by atoms with van der Waals surface area (Å²) in [5, 5.41) is 0.217. The first-order chi connectivity index (χ1) is 17.8. The van der Waals surface area contributed by atoms with E-state index in [2.05, 4.69) is 18.4 Å². The summed E-state index contributed by atoms with van der Waals surface area (Å²) in [6, 6.07) is 24.2. The third-order valence-corrected chi connectivity index (χ3v) is 6.68. The first-order valence-electron chi connectivity index (χ1n) is 11.9. The minimum Gasteiger partial charge on any atom is -0.755 e. The number of rotatable bonds is 9. The van der Waals surface area contributed by atoms with E-state index in [1.807, 2.05) is 60.8 Å². The van der Waals surface area contributed by atoms with Crippen molar-refractivity contribution in [2.24, 2.45) is 5.92 Å². The van der Waals surface area contributed by atoms with Crippen LogP contribution in [0.2, 0.25) is 5.02 Å². The molecule has 1 amide bonds. The lowest BCUT2D eigenvalue weighted by Crippen LogP contribution is -2.36. The van der Waals surface area contributed by atoms with Gasteiger partial charge in [0.15, 0.2) is 5.75 Å². The highest BCUT2D eigenvalue weighted by Gasteiger charge is 2.18. The van der Waals surface area contributed by atoms with Gasteiger partial charge in [0, 0.05) is 30.4 Å². The Balaban J connectivity index is 1.48. The normalized spacial score (nSPS) is 11.9. The Labute approximate surface area is 224 Å². The molecule has 1 aromatic heterocycles. The molecule has 0 aliphatic heterocycles. The van der Waals surface area contributed by atoms with E-state index in [4.69, 9.17) is 21.3 Å². The van der Waals surface area contributed by atoms with Crippen LogP contribution >= 0.6 is 11.6 Å². The average Bonchev–Trinajstić information content (AvgIpc) is 3.29. The van der Waals surface area contributed by atoms with Gasteiger partial charge in [-0.2, -0.15) is 0 Å². The smallest absolute Gasteiger partial charge is 0.426 e. The third-order valence-electron chi connectivity index (χ3n) is 5.67. The third kappa shape index (κ3) is 6.85. The molecule has 9 heteroatoms. The molecule has 0 aliphatic carbocycles. The summed E-state index contributed by atoms with van der Waals surface area (Å²) in [4.78, 5) is 17.3. The molecule has 0 bridgehead atoms. The van der Waals surface area contributed by atoms with Crippen LogP contribution in [0.15, 0.2) is 85.1 Å². The first-order valence-corrected chi connectivity index (χ1v) is 13.3. The Morgan fingerprint density at radius 2 is 1.73 bits per heavy atom. The van der Waals surface area contributed by atoms with E-state index in [1.54, 1.807) is 18.2 Å². The molecule has 0 saturated carbocycles. The highest BCUT2D eigenvalue weighted by Crippen LogP contribution is 2.25. The van der Waals surface area contributed by atoms with Crippen molar-refractivity contribution in [2.75, 3.05) is 6.54 Å². The van der Waals surface area contributed by atoms with Crippen LogP contribution < -0.4 is 4.74 Å². The fraction of sp³-hybridized carbons (Fsp3) is 0.214. The summed E-state index contributed by atoms with van der Waals surface area (Å²) in [7, 11) is 0. The molecule has 4 aromatic rings. The number of amides is 1. The quantitative estimate of drug-likeness (QED) is 0.237. The standard InChI is InChI=1S/C28H28ClN3O4S/c1-20(2)18-27-30-25(22-8-4-3-5-9-22)19-31(27)23-14-12-21(13-15-23)16-17-32(37(34)35)28(33)36-26-11-7-6-10-24(26)29/h3-15,19-20H,16-18H2,1-2H3,(H,34,35)/p-1. The molecule has 7 nitrogen and oxygen atoms in total. The molecule has 0 fully saturated rings. The van der Waals surface area contributed by atoms with Crippen LogP contribution in [0.1, 0.15) is 25.2 Å². The highest BCUT2D eigenvalue weighted by molar-refractivity contribution is 7.77. The van der Waals surface area contributed by atoms with Crippen molar-refractivity contribution in [3.05, 3.63) is 101 Å². The molecule has 0 spiro atoms. The molecule has 1 unspecified atom stereocenters. The Kier molecular flexibility index (Phi) is 8.76. The number of halogens is 1. The number of nitrogens with zero attached hydrogens (tertiary/aromatic N) is 3. The zero-order valence-electron chi connectivity index (χ0n) is 20.5. The van der Waals surface area contributed by atoms with E-state index in [0.29, 0.717) is 16.6 Å². The van der Waals surface area contributed by atoms with E-state index in [9.17, 15) is 13.6 Å². The maximum atomic E-state index is 12.5. The van der Waals surface area contributed by atoms with Gasteiger partial charge in [0.2, 0.25) is 0 Å². The Bertz CT molecular complexity index is 1370. The van der Waals surface area contributed by atoms with E-state index >= 15 is 0 Å². The van der Waals surface area contributed by atoms with Crippen molar-refractivity contribution < 1.29 is 18.3 Å². The van der Waals surface area contributed by atoms with E-state index < -0.39 is 17.4 Å². The van der Waals surface area contributed by atoms with E-state index in [1.165, 1.54) is 6.07 Å². The molecule has 3 aromatic carbocycles. The molecule has 4 rings (SSSR count). The van der Waals surface area contributed by atoms with Crippen LogP contribution in [0.4, 0.5) is 4.79 Å². The molecule has 37 heavy (non-hydrogen) atoms. The number of para-hydroxylation sites is 1. The summed E-state index contributed by atoms with van der Waals surface area (Å²) in [6.07, 6.45) is 2.18. The Morgan fingerprint density at radius 3 is 2.38 bits per heavy atom. The molecule has 0 N–H and O–H groups in total. The Morgan fingerprint density at radius 1 is 1.05 bits per heavy atom. The maximum absolute atomic E-state index is 12.5. The van der Waals surface area contributed by atoms with Crippen LogP contribution in [0.25, 0.3) is 16.9 Å². The van der Waals surface area contributed by atoms with Crippen molar-refractivity contribution in [3.63, 3.8) is 0 Å². The minimum absolute atomic E-state index is 0.0689. The average molecular weight is 537 g/mol. The SMILES string of the molecule is CC(C)Cc1nc(-c2ccccc2)cn1-c1ccc(CCN(C(=O)Oc2ccccc2Cl)S(=O)[O-])cc1. The van der Waals surface area contributed by atoms with Crippen LogP contribution in [0, 0.1) is 5.92 Å². The number of carbonyl (C=O) groups is 1. The van der Waals surface area contributed by atoms with Gasteiger partial charge in [-0.15, -0.1) is 0 Å². The van der Waals surface area contributed by atoms with Gasteiger partial charge in [-0.3, -0.25) is 4.21 Å². The number of aromatic nitrogens is 2. The zero-order chi connectivity index (χ0) is 26.4. The number of benzene rings is 3.